The van der Waals surface area contributed by atoms with Gasteiger partial charge in [-0.3, -0.25) is 14.5 Å². The molecular weight excluding hydrogens is 240 g/mol. The van der Waals surface area contributed by atoms with Crippen molar-refractivity contribution < 1.29 is 9.59 Å². The Bertz CT molecular complexity index is 404. The third kappa shape index (κ3) is 6.15. The van der Waals surface area contributed by atoms with Crippen LogP contribution in [0.5, 0.6) is 0 Å². The number of Topliss-reactive ketones (excluding diaryl/α,β-unsaturated/α-hetero) is 1. The van der Waals surface area contributed by atoms with Gasteiger partial charge in [0.25, 0.3) is 0 Å². The molecule has 104 valence electrons. The lowest BCUT2D eigenvalue weighted by molar-refractivity contribution is -0.121. The molecule has 0 radical (unpaired) electrons. The summed E-state index contributed by atoms with van der Waals surface area (Å²) in [7, 11) is 1.85. The molecule has 1 aromatic rings. The zero-order valence-corrected chi connectivity index (χ0v) is 11.7. The SMILES string of the molecule is CCCNC(=O)CN(C)CCC(=O)c1ccccc1. The highest BCUT2D eigenvalue weighted by atomic mass is 16.2. The van der Waals surface area contributed by atoms with Gasteiger partial charge in [0.2, 0.25) is 5.91 Å². The number of ketones is 1. The fourth-order valence-electron chi connectivity index (χ4n) is 1.71. The van der Waals surface area contributed by atoms with Crippen molar-refractivity contribution in [3.05, 3.63) is 35.9 Å². The van der Waals surface area contributed by atoms with Crippen LogP contribution in [0.15, 0.2) is 30.3 Å². The van der Waals surface area contributed by atoms with Crippen molar-refractivity contribution in [2.24, 2.45) is 0 Å². The third-order valence-electron chi connectivity index (χ3n) is 2.80. The van der Waals surface area contributed by atoms with Crippen molar-refractivity contribution in [1.29, 1.82) is 0 Å². The Morgan fingerprint density at radius 3 is 2.53 bits per heavy atom. The first kappa shape index (κ1) is 15.4. The molecule has 0 aliphatic heterocycles. The largest absolute Gasteiger partial charge is 0.355 e. The van der Waals surface area contributed by atoms with Crippen LogP contribution in [0.4, 0.5) is 0 Å². The molecule has 1 rings (SSSR count). The van der Waals surface area contributed by atoms with E-state index in [1.54, 1.807) is 0 Å². The van der Waals surface area contributed by atoms with Crippen LogP contribution in [0.1, 0.15) is 30.1 Å². The molecule has 19 heavy (non-hydrogen) atoms. The summed E-state index contributed by atoms with van der Waals surface area (Å²) in [4.78, 5) is 25.2. The van der Waals surface area contributed by atoms with E-state index in [1.165, 1.54) is 0 Å². The van der Waals surface area contributed by atoms with E-state index in [2.05, 4.69) is 5.32 Å². The molecule has 4 heteroatoms. The lowest BCUT2D eigenvalue weighted by atomic mass is 10.1. The molecule has 1 amide bonds. The summed E-state index contributed by atoms with van der Waals surface area (Å²) < 4.78 is 0. The number of hydrogen-bond acceptors (Lipinski definition) is 3. The highest BCUT2D eigenvalue weighted by Gasteiger charge is 2.09. The first-order chi connectivity index (χ1) is 9.13. The highest BCUT2D eigenvalue weighted by Crippen LogP contribution is 2.03. The highest BCUT2D eigenvalue weighted by molar-refractivity contribution is 5.96. The maximum Gasteiger partial charge on any atom is 0.234 e. The van der Waals surface area contributed by atoms with E-state index in [4.69, 9.17) is 0 Å². The van der Waals surface area contributed by atoms with Crippen molar-refractivity contribution >= 4 is 11.7 Å². The molecule has 0 saturated carbocycles. The number of likely N-dealkylation sites (N-methyl/N-ethyl adjacent to an activating group) is 1. The zero-order valence-electron chi connectivity index (χ0n) is 11.7. The number of benzene rings is 1. The summed E-state index contributed by atoms with van der Waals surface area (Å²) in [6.07, 6.45) is 1.36. The predicted molar refractivity (Wildman–Crippen MR) is 76.2 cm³/mol. The number of nitrogens with one attached hydrogen (secondary N) is 1. The van der Waals surface area contributed by atoms with Crippen LogP contribution in [-0.4, -0.2) is 43.3 Å². The second-order valence-electron chi connectivity index (χ2n) is 4.63. The minimum absolute atomic E-state index is 0.0107. The van der Waals surface area contributed by atoms with E-state index < -0.39 is 0 Å². The van der Waals surface area contributed by atoms with E-state index in [0.29, 0.717) is 26.1 Å². The molecule has 0 aromatic heterocycles. The molecule has 4 nitrogen and oxygen atoms in total. The maximum atomic E-state index is 11.9. The van der Waals surface area contributed by atoms with Gasteiger partial charge in [-0.15, -0.1) is 0 Å². The van der Waals surface area contributed by atoms with Gasteiger partial charge in [-0.2, -0.15) is 0 Å². The summed E-state index contributed by atoms with van der Waals surface area (Å²) >= 11 is 0. The van der Waals surface area contributed by atoms with Crippen molar-refractivity contribution in [3.63, 3.8) is 0 Å². The average molecular weight is 262 g/mol. The monoisotopic (exact) mass is 262 g/mol. The molecule has 0 saturated heterocycles. The van der Waals surface area contributed by atoms with Crippen LogP contribution in [0.3, 0.4) is 0 Å². The Labute approximate surface area is 114 Å². The third-order valence-corrected chi connectivity index (χ3v) is 2.80. The molecular formula is C15H22N2O2. The van der Waals surface area contributed by atoms with Crippen LogP contribution in [-0.2, 0) is 4.79 Å². The number of carbonyl (C=O) groups is 2. The van der Waals surface area contributed by atoms with Gasteiger partial charge in [-0.05, 0) is 13.5 Å². The number of rotatable bonds is 8. The molecule has 0 atom stereocenters. The van der Waals surface area contributed by atoms with Crippen LogP contribution >= 0.6 is 0 Å². The van der Waals surface area contributed by atoms with E-state index >= 15 is 0 Å². The number of amides is 1. The van der Waals surface area contributed by atoms with Crippen molar-refractivity contribution in [2.45, 2.75) is 19.8 Å². The molecule has 0 spiro atoms. The van der Waals surface area contributed by atoms with Gasteiger partial charge in [0.05, 0.1) is 6.54 Å². The summed E-state index contributed by atoms with van der Waals surface area (Å²) in [5.74, 6) is 0.123. The van der Waals surface area contributed by atoms with E-state index in [9.17, 15) is 9.59 Å². The summed E-state index contributed by atoms with van der Waals surface area (Å²) in [5.41, 5.74) is 0.728. The first-order valence-corrected chi connectivity index (χ1v) is 6.67. The molecule has 0 aliphatic carbocycles. The predicted octanol–water partition coefficient (Wildman–Crippen LogP) is 1.72. The minimum Gasteiger partial charge on any atom is -0.355 e. The smallest absolute Gasteiger partial charge is 0.234 e. The molecule has 1 aromatic carbocycles. The van der Waals surface area contributed by atoms with Gasteiger partial charge in [0.15, 0.2) is 5.78 Å². The fraction of sp³-hybridized carbons (Fsp3) is 0.467. The van der Waals surface area contributed by atoms with E-state index in [1.807, 2.05) is 49.2 Å². The quantitative estimate of drug-likeness (QED) is 0.726. The Balaban J connectivity index is 2.28. The normalized spacial score (nSPS) is 10.5. The maximum absolute atomic E-state index is 11.9. The van der Waals surface area contributed by atoms with Crippen LogP contribution < -0.4 is 5.32 Å². The van der Waals surface area contributed by atoms with Gasteiger partial charge in [0.1, 0.15) is 0 Å². The van der Waals surface area contributed by atoms with Crippen molar-refractivity contribution in [2.75, 3.05) is 26.7 Å². The summed E-state index contributed by atoms with van der Waals surface area (Å²) in [6, 6.07) is 9.23. The van der Waals surface area contributed by atoms with E-state index in [-0.39, 0.29) is 11.7 Å². The Kier molecular flexibility index (Phi) is 6.82. The molecule has 0 unspecified atom stereocenters. The molecule has 0 heterocycles. The number of hydrogen-bond donors (Lipinski definition) is 1. The molecule has 1 N–H and O–H groups in total. The van der Waals surface area contributed by atoms with Crippen molar-refractivity contribution in [3.8, 4) is 0 Å². The van der Waals surface area contributed by atoms with Crippen LogP contribution in [0.25, 0.3) is 0 Å². The zero-order chi connectivity index (χ0) is 14.1. The number of nitrogens with zero attached hydrogens (tertiary/aromatic N) is 1. The Hall–Kier alpha value is -1.68. The molecule has 0 bridgehead atoms. The van der Waals surface area contributed by atoms with Gasteiger partial charge in [0, 0.05) is 25.1 Å². The second-order valence-corrected chi connectivity index (χ2v) is 4.63. The topological polar surface area (TPSA) is 49.4 Å². The van der Waals surface area contributed by atoms with Gasteiger partial charge < -0.3 is 5.32 Å². The standard InChI is InChI=1S/C15H22N2O2/c1-3-10-16-15(19)12-17(2)11-9-14(18)13-7-5-4-6-8-13/h4-8H,3,9-12H2,1-2H3,(H,16,19). The van der Waals surface area contributed by atoms with E-state index in [0.717, 1.165) is 12.0 Å². The lowest BCUT2D eigenvalue weighted by Crippen LogP contribution is -2.36. The van der Waals surface area contributed by atoms with Crippen LogP contribution in [0, 0.1) is 0 Å². The lowest BCUT2D eigenvalue weighted by Gasteiger charge is -2.15. The van der Waals surface area contributed by atoms with Gasteiger partial charge in [-0.25, -0.2) is 0 Å². The van der Waals surface area contributed by atoms with Crippen LogP contribution in [0.2, 0.25) is 0 Å². The average Bonchev–Trinajstić information content (AvgIpc) is 2.43. The van der Waals surface area contributed by atoms with Gasteiger partial charge in [-0.1, -0.05) is 37.3 Å². The fourth-order valence-corrected chi connectivity index (χ4v) is 1.71. The Morgan fingerprint density at radius 1 is 1.21 bits per heavy atom. The Morgan fingerprint density at radius 2 is 1.89 bits per heavy atom. The summed E-state index contributed by atoms with van der Waals surface area (Å²) in [6.45, 7) is 3.65. The van der Waals surface area contributed by atoms with Crippen molar-refractivity contribution in [1.82, 2.24) is 10.2 Å². The summed E-state index contributed by atoms with van der Waals surface area (Å²) in [5, 5.41) is 2.82. The molecule has 0 fully saturated rings. The minimum atomic E-state index is 0.0107. The molecule has 0 aliphatic rings. The number of carbonyl (C=O) groups excluding carboxylic acids is 2. The first-order valence-electron chi connectivity index (χ1n) is 6.67. The second kappa shape index (κ2) is 8.43. The van der Waals surface area contributed by atoms with Gasteiger partial charge >= 0.3 is 0 Å².